The van der Waals surface area contributed by atoms with Gasteiger partial charge in [0.2, 0.25) is 0 Å². The molecule has 0 spiro atoms. The third-order valence-corrected chi connectivity index (χ3v) is 4.00. The van der Waals surface area contributed by atoms with E-state index in [1.807, 2.05) is 10.7 Å². The molecule has 25 heavy (non-hydrogen) atoms. The maximum Gasteiger partial charge on any atom is 0.156 e. The number of rotatable bonds is 8. The molecule has 1 aliphatic rings. The van der Waals surface area contributed by atoms with Gasteiger partial charge in [-0.1, -0.05) is 0 Å². The van der Waals surface area contributed by atoms with E-state index in [1.165, 1.54) is 0 Å². The molecule has 8 nitrogen and oxygen atoms in total. The molecule has 3 N–H and O–H groups in total. The highest BCUT2D eigenvalue weighted by molar-refractivity contribution is 5.85. The van der Waals surface area contributed by atoms with Gasteiger partial charge in [0.1, 0.15) is 25.1 Å². The van der Waals surface area contributed by atoms with Gasteiger partial charge in [0.15, 0.2) is 5.82 Å². The van der Waals surface area contributed by atoms with Crippen molar-refractivity contribution in [3.8, 4) is 0 Å². The normalized spacial score (nSPS) is 18.6. The lowest BCUT2D eigenvalue weighted by Crippen LogP contribution is -2.35. The van der Waals surface area contributed by atoms with Gasteiger partial charge < -0.3 is 15.8 Å². The van der Waals surface area contributed by atoms with Gasteiger partial charge in [-0.25, -0.2) is 15.0 Å². The lowest BCUT2D eigenvalue weighted by atomic mass is 9.78. The highest BCUT2D eigenvalue weighted by Crippen LogP contribution is 2.35. The molecular weight excluding hydrogens is 365 g/mol. The number of nitrogens with zero attached hydrogens (tertiary/aromatic N) is 5. The van der Waals surface area contributed by atoms with Crippen LogP contribution in [0, 0.1) is 0 Å². The largest absolute Gasteiger partial charge is 0.377 e. The molecule has 2 aromatic heterocycles. The fraction of sp³-hybridized carbons (Fsp3) is 0.600. The van der Waals surface area contributed by atoms with E-state index in [-0.39, 0.29) is 24.8 Å². The molecule has 0 saturated heterocycles. The van der Waals surface area contributed by atoms with Gasteiger partial charge in [-0.2, -0.15) is 5.10 Å². The summed E-state index contributed by atoms with van der Waals surface area (Å²) in [6, 6.07) is 2.34. The average molecular weight is 390 g/mol. The molecule has 0 radical (unpaired) electrons. The Bertz CT molecular complexity index is 620. The van der Waals surface area contributed by atoms with Gasteiger partial charge in [-0.05, 0) is 19.3 Å². The Morgan fingerprint density at radius 3 is 2.76 bits per heavy atom. The summed E-state index contributed by atoms with van der Waals surface area (Å²) in [5, 5.41) is 7.45. The van der Waals surface area contributed by atoms with Crippen molar-refractivity contribution in [1.82, 2.24) is 24.7 Å². The minimum atomic E-state index is 0. The summed E-state index contributed by atoms with van der Waals surface area (Å²) < 4.78 is 6.99. The topological polar surface area (TPSA) is 104 Å². The standard InChI is InChI=1S/C15H23N7O.2ClH/c1-23-8-15-20-13(11-5-12(16)6-11)7-14(21-15)18-3-2-4-22-10-17-9-19-22;;/h7,9-12H,2-6,8,16H2,1H3,(H,18,20,21);2*1H. The Morgan fingerprint density at radius 2 is 2.12 bits per heavy atom. The first-order chi connectivity index (χ1) is 11.2. The Kier molecular flexibility index (Phi) is 9.05. The number of ether oxygens (including phenoxy) is 1. The summed E-state index contributed by atoms with van der Waals surface area (Å²) in [6.45, 7) is 2.06. The molecule has 1 aliphatic carbocycles. The third-order valence-electron chi connectivity index (χ3n) is 4.00. The first-order valence-electron chi connectivity index (χ1n) is 7.93. The first-order valence-corrected chi connectivity index (χ1v) is 7.93. The van der Waals surface area contributed by atoms with E-state index < -0.39 is 0 Å². The van der Waals surface area contributed by atoms with Gasteiger partial charge in [-0.15, -0.1) is 24.8 Å². The number of aryl methyl sites for hydroxylation is 1. The zero-order valence-electron chi connectivity index (χ0n) is 14.2. The van der Waals surface area contributed by atoms with Crippen LogP contribution in [0.25, 0.3) is 0 Å². The van der Waals surface area contributed by atoms with E-state index in [1.54, 1.807) is 19.8 Å². The van der Waals surface area contributed by atoms with Crippen molar-refractivity contribution in [2.45, 2.75) is 44.4 Å². The minimum Gasteiger partial charge on any atom is -0.377 e. The van der Waals surface area contributed by atoms with Crippen LogP contribution in [0.1, 0.15) is 36.7 Å². The van der Waals surface area contributed by atoms with E-state index in [4.69, 9.17) is 10.5 Å². The van der Waals surface area contributed by atoms with Crippen molar-refractivity contribution in [3.05, 3.63) is 30.2 Å². The number of aromatic nitrogens is 5. The Labute approximate surface area is 159 Å². The Balaban J connectivity index is 0.00000156. The zero-order valence-corrected chi connectivity index (χ0v) is 15.8. The van der Waals surface area contributed by atoms with Crippen LogP contribution in [0.5, 0.6) is 0 Å². The molecule has 1 fully saturated rings. The van der Waals surface area contributed by atoms with E-state index in [9.17, 15) is 0 Å². The SMILES string of the molecule is COCc1nc(NCCCn2cncn2)cc(C2CC(N)C2)n1.Cl.Cl. The predicted octanol–water partition coefficient (Wildman–Crippen LogP) is 1.76. The molecule has 1 saturated carbocycles. The number of anilines is 1. The summed E-state index contributed by atoms with van der Waals surface area (Å²) in [7, 11) is 1.65. The second kappa shape index (κ2) is 10.5. The maximum atomic E-state index is 5.89. The van der Waals surface area contributed by atoms with Crippen LogP contribution in [0.2, 0.25) is 0 Å². The van der Waals surface area contributed by atoms with Gasteiger partial charge >= 0.3 is 0 Å². The Hall–Kier alpha value is -1.48. The first kappa shape index (κ1) is 21.6. The molecule has 0 atom stereocenters. The van der Waals surface area contributed by atoms with Crippen molar-refractivity contribution >= 4 is 30.6 Å². The van der Waals surface area contributed by atoms with Crippen molar-refractivity contribution in [1.29, 1.82) is 0 Å². The van der Waals surface area contributed by atoms with Crippen LogP contribution in [0.4, 0.5) is 5.82 Å². The van der Waals surface area contributed by atoms with Crippen LogP contribution in [-0.2, 0) is 17.9 Å². The molecule has 2 heterocycles. The van der Waals surface area contributed by atoms with Gasteiger partial charge in [0, 0.05) is 43.9 Å². The van der Waals surface area contributed by atoms with E-state index in [0.717, 1.165) is 43.9 Å². The minimum absolute atomic E-state index is 0. The molecule has 0 amide bonds. The second-order valence-corrected chi connectivity index (χ2v) is 5.89. The summed E-state index contributed by atoms with van der Waals surface area (Å²) in [5.41, 5.74) is 6.95. The van der Waals surface area contributed by atoms with Crippen LogP contribution in [0.15, 0.2) is 18.7 Å². The van der Waals surface area contributed by atoms with Gasteiger partial charge in [0.25, 0.3) is 0 Å². The number of nitrogens with two attached hydrogens (primary N) is 1. The van der Waals surface area contributed by atoms with E-state index in [2.05, 4.69) is 25.4 Å². The predicted molar refractivity (Wildman–Crippen MR) is 100 cm³/mol. The molecule has 0 aliphatic heterocycles. The summed E-state index contributed by atoms with van der Waals surface area (Å²) in [4.78, 5) is 13.0. The number of nitrogens with one attached hydrogen (secondary N) is 1. The smallest absolute Gasteiger partial charge is 0.156 e. The number of methoxy groups -OCH3 is 1. The maximum absolute atomic E-state index is 5.89. The van der Waals surface area contributed by atoms with Crippen molar-refractivity contribution in [3.63, 3.8) is 0 Å². The molecule has 0 unspecified atom stereocenters. The Morgan fingerprint density at radius 1 is 1.32 bits per heavy atom. The van der Waals surface area contributed by atoms with Crippen molar-refractivity contribution < 1.29 is 4.74 Å². The molecule has 3 rings (SSSR count). The molecular formula is C15H25Cl2N7O. The summed E-state index contributed by atoms with van der Waals surface area (Å²) in [5.74, 6) is 2.00. The zero-order chi connectivity index (χ0) is 16.1. The van der Waals surface area contributed by atoms with Crippen LogP contribution >= 0.6 is 24.8 Å². The summed E-state index contributed by atoms with van der Waals surface area (Å²) in [6.07, 6.45) is 6.20. The monoisotopic (exact) mass is 389 g/mol. The van der Waals surface area contributed by atoms with Crippen LogP contribution in [0.3, 0.4) is 0 Å². The van der Waals surface area contributed by atoms with Crippen LogP contribution < -0.4 is 11.1 Å². The number of hydrogen-bond donors (Lipinski definition) is 2. The van der Waals surface area contributed by atoms with Gasteiger partial charge in [0.05, 0.1) is 0 Å². The number of halogens is 2. The highest BCUT2D eigenvalue weighted by atomic mass is 35.5. The molecule has 10 heteroatoms. The molecule has 0 aromatic carbocycles. The number of hydrogen-bond acceptors (Lipinski definition) is 7. The van der Waals surface area contributed by atoms with Crippen molar-refractivity contribution in [2.75, 3.05) is 19.0 Å². The van der Waals surface area contributed by atoms with E-state index >= 15 is 0 Å². The average Bonchev–Trinajstić information content (AvgIpc) is 3.02. The molecule has 2 aromatic rings. The summed E-state index contributed by atoms with van der Waals surface area (Å²) >= 11 is 0. The fourth-order valence-corrected chi connectivity index (χ4v) is 2.72. The third kappa shape index (κ3) is 6.07. The van der Waals surface area contributed by atoms with Crippen molar-refractivity contribution in [2.24, 2.45) is 5.73 Å². The van der Waals surface area contributed by atoms with Gasteiger partial charge in [-0.3, -0.25) is 4.68 Å². The quantitative estimate of drug-likeness (QED) is 0.662. The molecule has 0 bridgehead atoms. The lowest BCUT2D eigenvalue weighted by Gasteiger charge is -2.32. The lowest BCUT2D eigenvalue weighted by molar-refractivity contribution is 0.177. The highest BCUT2D eigenvalue weighted by Gasteiger charge is 2.29. The fourth-order valence-electron chi connectivity index (χ4n) is 2.72. The van der Waals surface area contributed by atoms with E-state index in [0.29, 0.717) is 24.4 Å². The second-order valence-electron chi connectivity index (χ2n) is 5.89. The molecule has 140 valence electrons. The van der Waals surface area contributed by atoms with Crippen LogP contribution in [-0.4, -0.2) is 44.4 Å².